The van der Waals surface area contributed by atoms with E-state index in [0.29, 0.717) is 5.56 Å². The van der Waals surface area contributed by atoms with Gasteiger partial charge in [0, 0.05) is 5.56 Å². The Bertz CT molecular complexity index is 737. The van der Waals surface area contributed by atoms with Gasteiger partial charge in [-0.15, -0.1) is 0 Å². The highest BCUT2D eigenvalue weighted by molar-refractivity contribution is 7.90. The van der Waals surface area contributed by atoms with Gasteiger partial charge in [-0.1, -0.05) is 49.1 Å². The standard InChI is InChI=1S/C15H13NO3S/c1-2-12-8-6-7-11-14(12)15(17)16-20(18,19)13-9-4-3-5-10-13/h2-11H,1H2,(H,16,17). The van der Waals surface area contributed by atoms with Crippen molar-refractivity contribution in [2.24, 2.45) is 0 Å². The number of hydrogen-bond acceptors (Lipinski definition) is 3. The lowest BCUT2D eigenvalue weighted by Crippen LogP contribution is -2.31. The van der Waals surface area contributed by atoms with Crippen LogP contribution in [0.2, 0.25) is 0 Å². The molecule has 0 aliphatic carbocycles. The van der Waals surface area contributed by atoms with Gasteiger partial charge in [-0.2, -0.15) is 0 Å². The number of carbonyl (C=O) groups is 1. The third-order valence-electron chi connectivity index (χ3n) is 2.71. The number of sulfonamides is 1. The molecular weight excluding hydrogens is 274 g/mol. The molecule has 102 valence electrons. The number of rotatable bonds is 4. The van der Waals surface area contributed by atoms with Crippen molar-refractivity contribution in [3.05, 3.63) is 72.3 Å². The van der Waals surface area contributed by atoms with E-state index in [1.54, 1.807) is 42.5 Å². The average molecular weight is 287 g/mol. The Morgan fingerprint density at radius 2 is 1.60 bits per heavy atom. The molecule has 2 rings (SSSR count). The van der Waals surface area contributed by atoms with Crippen LogP contribution in [0, 0.1) is 0 Å². The van der Waals surface area contributed by atoms with Crippen molar-refractivity contribution in [2.45, 2.75) is 4.90 Å². The first-order valence-electron chi connectivity index (χ1n) is 5.88. The van der Waals surface area contributed by atoms with E-state index in [9.17, 15) is 13.2 Å². The van der Waals surface area contributed by atoms with Gasteiger partial charge >= 0.3 is 0 Å². The number of nitrogens with one attached hydrogen (secondary N) is 1. The maximum absolute atomic E-state index is 12.1. The highest BCUT2D eigenvalue weighted by atomic mass is 32.2. The van der Waals surface area contributed by atoms with E-state index in [1.807, 2.05) is 4.72 Å². The molecule has 0 atom stereocenters. The summed E-state index contributed by atoms with van der Waals surface area (Å²) in [6.07, 6.45) is 1.50. The normalized spacial score (nSPS) is 10.8. The number of amides is 1. The van der Waals surface area contributed by atoms with Crippen molar-refractivity contribution < 1.29 is 13.2 Å². The van der Waals surface area contributed by atoms with Crippen LogP contribution in [0.15, 0.2) is 66.1 Å². The van der Waals surface area contributed by atoms with Crippen LogP contribution in [0.4, 0.5) is 0 Å². The molecule has 0 aromatic heterocycles. The molecule has 0 saturated heterocycles. The summed E-state index contributed by atoms with van der Waals surface area (Å²) >= 11 is 0. The molecule has 0 aliphatic heterocycles. The van der Waals surface area contributed by atoms with Crippen LogP contribution in [0.5, 0.6) is 0 Å². The van der Waals surface area contributed by atoms with E-state index in [0.717, 1.165) is 0 Å². The SMILES string of the molecule is C=Cc1ccccc1C(=O)NS(=O)(=O)c1ccccc1. The first kappa shape index (κ1) is 14.0. The molecule has 20 heavy (non-hydrogen) atoms. The second kappa shape index (κ2) is 5.71. The fourth-order valence-electron chi connectivity index (χ4n) is 1.72. The molecule has 1 N–H and O–H groups in total. The van der Waals surface area contributed by atoms with Crippen LogP contribution in [0.3, 0.4) is 0 Å². The predicted octanol–water partition coefficient (Wildman–Crippen LogP) is 2.45. The molecule has 2 aromatic rings. The lowest BCUT2D eigenvalue weighted by Gasteiger charge is -2.08. The molecule has 0 bridgehead atoms. The number of hydrogen-bond donors (Lipinski definition) is 1. The fraction of sp³-hybridized carbons (Fsp3) is 0. The zero-order valence-corrected chi connectivity index (χ0v) is 11.4. The van der Waals surface area contributed by atoms with Gasteiger partial charge in [-0.25, -0.2) is 13.1 Å². The summed E-state index contributed by atoms with van der Waals surface area (Å²) in [6.45, 7) is 3.60. The highest BCUT2D eigenvalue weighted by Crippen LogP contribution is 2.12. The zero-order chi connectivity index (χ0) is 14.6. The third-order valence-corrected chi connectivity index (χ3v) is 4.05. The summed E-state index contributed by atoms with van der Waals surface area (Å²) < 4.78 is 26.2. The van der Waals surface area contributed by atoms with Gasteiger partial charge in [-0.05, 0) is 23.8 Å². The summed E-state index contributed by atoms with van der Waals surface area (Å²) in [5.41, 5.74) is 0.843. The third kappa shape index (κ3) is 2.95. The first-order valence-corrected chi connectivity index (χ1v) is 7.36. The highest BCUT2D eigenvalue weighted by Gasteiger charge is 2.19. The molecule has 0 radical (unpaired) electrons. The molecule has 2 aromatic carbocycles. The Morgan fingerprint density at radius 3 is 2.25 bits per heavy atom. The Hall–Kier alpha value is -2.40. The number of carbonyl (C=O) groups excluding carboxylic acids is 1. The molecule has 0 heterocycles. The minimum atomic E-state index is -3.87. The molecule has 4 nitrogen and oxygen atoms in total. The van der Waals surface area contributed by atoms with Gasteiger partial charge in [0.2, 0.25) is 0 Å². The van der Waals surface area contributed by atoms with Gasteiger partial charge in [0.15, 0.2) is 0 Å². The van der Waals surface area contributed by atoms with E-state index in [1.165, 1.54) is 18.2 Å². The molecule has 1 amide bonds. The van der Waals surface area contributed by atoms with E-state index in [-0.39, 0.29) is 10.5 Å². The average Bonchev–Trinajstić information content (AvgIpc) is 2.47. The quantitative estimate of drug-likeness (QED) is 0.939. The Morgan fingerprint density at radius 1 is 1.00 bits per heavy atom. The molecule has 5 heteroatoms. The van der Waals surface area contributed by atoms with Crippen LogP contribution in [0.25, 0.3) is 6.08 Å². The predicted molar refractivity (Wildman–Crippen MR) is 77.6 cm³/mol. The van der Waals surface area contributed by atoms with E-state index in [2.05, 4.69) is 6.58 Å². The first-order chi connectivity index (χ1) is 9.54. The topological polar surface area (TPSA) is 63.2 Å². The molecule has 0 unspecified atom stereocenters. The van der Waals surface area contributed by atoms with Crippen molar-refractivity contribution in [2.75, 3.05) is 0 Å². The number of benzene rings is 2. The Kier molecular flexibility index (Phi) is 4.00. The molecule has 0 aliphatic rings. The monoisotopic (exact) mass is 287 g/mol. The van der Waals surface area contributed by atoms with Crippen molar-refractivity contribution in [3.8, 4) is 0 Å². The van der Waals surface area contributed by atoms with E-state index in [4.69, 9.17) is 0 Å². The second-order valence-corrected chi connectivity index (χ2v) is 5.72. The van der Waals surface area contributed by atoms with E-state index < -0.39 is 15.9 Å². The zero-order valence-electron chi connectivity index (χ0n) is 10.6. The summed E-state index contributed by atoms with van der Waals surface area (Å²) in [5, 5.41) is 0. The summed E-state index contributed by atoms with van der Waals surface area (Å²) in [6, 6.07) is 14.4. The maximum atomic E-state index is 12.1. The minimum absolute atomic E-state index is 0.0458. The van der Waals surface area contributed by atoms with Crippen molar-refractivity contribution in [1.29, 1.82) is 0 Å². The maximum Gasteiger partial charge on any atom is 0.265 e. The minimum Gasteiger partial charge on any atom is -0.268 e. The van der Waals surface area contributed by atoms with Crippen LogP contribution in [-0.2, 0) is 10.0 Å². The van der Waals surface area contributed by atoms with Crippen LogP contribution < -0.4 is 4.72 Å². The van der Waals surface area contributed by atoms with E-state index >= 15 is 0 Å². The van der Waals surface area contributed by atoms with Crippen molar-refractivity contribution in [1.82, 2.24) is 4.72 Å². The van der Waals surface area contributed by atoms with Crippen LogP contribution in [-0.4, -0.2) is 14.3 Å². The molecular formula is C15H13NO3S. The second-order valence-electron chi connectivity index (χ2n) is 4.04. The fourth-order valence-corrected chi connectivity index (χ4v) is 2.70. The van der Waals surface area contributed by atoms with Crippen molar-refractivity contribution >= 4 is 22.0 Å². The molecule has 0 saturated carbocycles. The molecule has 0 spiro atoms. The smallest absolute Gasteiger partial charge is 0.265 e. The molecule has 0 fully saturated rings. The van der Waals surface area contributed by atoms with Gasteiger partial charge in [-0.3, -0.25) is 4.79 Å². The summed E-state index contributed by atoms with van der Waals surface area (Å²) in [4.78, 5) is 12.1. The lowest BCUT2D eigenvalue weighted by molar-refractivity contribution is 0.0981. The Labute approximate surface area is 117 Å². The largest absolute Gasteiger partial charge is 0.268 e. The van der Waals surface area contributed by atoms with Gasteiger partial charge in [0.25, 0.3) is 15.9 Å². The van der Waals surface area contributed by atoms with Gasteiger partial charge in [0.1, 0.15) is 0 Å². The Balaban J connectivity index is 2.30. The van der Waals surface area contributed by atoms with Gasteiger partial charge in [0.05, 0.1) is 4.90 Å². The van der Waals surface area contributed by atoms with Gasteiger partial charge < -0.3 is 0 Å². The lowest BCUT2D eigenvalue weighted by atomic mass is 10.1. The summed E-state index contributed by atoms with van der Waals surface area (Å²) in [7, 11) is -3.87. The van der Waals surface area contributed by atoms with Crippen LogP contribution in [0.1, 0.15) is 15.9 Å². The van der Waals surface area contributed by atoms with Crippen LogP contribution >= 0.6 is 0 Å². The summed E-state index contributed by atoms with van der Waals surface area (Å²) in [5.74, 6) is -0.677. The van der Waals surface area contributed by atoms with Crippen molar-refractivity contribution in [3.63, 3.8) is 0 Å².